The number of unbranched alkanes of at least 4 members (excludes halogenated alkanes) is 2. The average Bonchev–Trinajstić information content (AvgIpc) is 3.16. The van der Waals surface area contributed by atoms with E-state index < -0.39 is 0 Å². The molecule has 0 bridgehead atoms. The summed E-state index contributed by atoms with van der Waals surface area (Å²) in [7, 11) is 0. The van der Waals surface area contributed by atoms with Crippen LogP contribution in [0.15, 0.2) is 146 Å². The SMILES string of the molecule is N#Cc1ccc(-c2ccc(CCCCOc3ccc(-c4ccc(OCCCCc5ccc(-c6ccc(N)cc6)cc5)cc4)cc3)cc2)cc1. The molecular weight excluding hydrogens is 601 g/mol. The van der Waals surface area contributed by atoms with Gasteiger partial charge in [0, 0.05) is 5.69 Å². The van der Waals surface area contributed by atoms with Crippen molar-refractivity contribution in [3.8, 4) is 50.9 Å². The molecule has 0 aliphatic rings. The predicted molar refractivity (Wildman–Crippen MR) is 202 cm³/mol. The second-order valence-corrected chi connectivity index (χ2v) is 12.4. The zero-order valence-corrected chi connectivity index (χ0v) is 27.9. The summed E-state index contributed by atoms with van der Waals surface area (Å²) in [5.74, 6) is 1.80. The fourth-order valence-corrected chi connectivity index (χ4v) is 5.87. The minimum absolute atomic E-state index is 0.683. The molecule has 0 aliphatic heterocycles. The van der Waals surface area contributed by atoms with Gasteiger partial charge in [-0.2, -0.15) is 5.26 Å². The van der Waals surface area contributed by atoms with E-state index in [-0.39, 0.29) is 0 Å². The summed E-state index contributed by atoms with van der Waals surface area (Å²) in [5, 5.41) is 9.00. The lowest BCUT2D eigenvalue weighted by atomic mass is 10.0. The van der Waals surface area contributed by atoms with Crippen LogP contribution in [0.3, 0.4) is 0 Å². The summed E-state index contributed by atoms with van der Waals surface area (Å²) >= 11 is 0. The molecule has 0 atom stereocenters. The van der Waals surface area contributed by atoms with Gasteiger partial charge in [-0.1, -0.05) is 97.1 Å². The number of hydrogen-bond donors (Lipinski definition) is 1. The molecule has 0 aromatic heterocycles. The number of nitrogen functional groups attached to an aromatic ring is 1. The summed E-state index contributed by atoms with van der Waals surface area (Å²) in [6.07, 6.45) is 6.24. The number of aryl methyl sites for hydroxylation is 2. The maximum Gasteiger partial charge on any atom is 0.119 e. The van der Waals surface area contributed by atoms with Crippen molar-refractivity contribution in [2.45, 2.75) is 38.5 Å². The van der Waals surface area contributed by atoms with Crippen molar-refractivity contribution >= 4 is 5.69 Å². The minimum atomic E-state index is 0.683. The Kier molecular flexibility index (Phi) is 11.4. The number of nitriles is 1. The van der Waals surface area contributed by atoms with Crippen LogP contribution in [0.4, 0.5) is 5.69 Å². The van der Waals surface area contributed by atoms with Gasteiger partial charge in [0.05, 0.1) is 24.8 Å². The third kappa shape index (κ3) is 9.62. The number of nitrogens with zero attached hydrogens (tertiary/aromatic N) is 1. The highest BCUT2D eigenvalue weighted by Gasteiger charge is 2.04. The van der Waals surface area contributed by atoms with Crippen molar-refractivity contribution < 1.29 is 9.47 Å². The first-order valence-corrected chi connectivity index (χ1v) is 17.1. The molecule has 0 amide bonds. The van der Waals surface area contributed by atoms with Gasteiger partial charge in [-0.15, -0.1) is 0 Å². The predicted octanol–water partition coefficient (Wildman–Crippen LogP) is 10.9. The average molecular weight is 643 g/mol. The number of rotatable bonds is 15. The molecule has 0 aliphatic carbocycles. The molecule has 0 radical (unpaired) electrons. The molecule has 6 aromatic rings. The highest BCUT2D eigenvalue weighted by molar-refractivity contribution is 5.67. The Balaban J connectivity index is 0.858. The van der Waals surface area contributed by atoms with Crippen LogP contribution in [0.25, 0.3) is 33.4 Å². The largest absolute Gasteiger partial charge is 0.494 e. The Labute approximate surface area is 290 Å². The fourth-order valence-electron chi connectivity index (χ4n) is 5.87. The molecule has 2 N–H and O–H groups in total. The first-order valence-electron chi connectivity index (χ1n) is 17.1. The van der Waals surface area contributed by atoms with Crippen molar-refractivity contribution in [1.29, 1.82) is 5.26 Å². The standard InChI is InChI=1S/C45H42N2O2/c46-33-36-11-17-39(18-12-36)37-13-7-34(8-14-37)5-1-3-31-48-44-27-21-41(22-28-44)42-23-29-45(30-24-42)49-32-4-2-6-35-9-15-38(16-10-35)40-19-25-43(47)26-20-40/h7-30H,1-6,31-32,47H2. The first kappa shape index (κ1) is 33.1. The van der Waals surface area contributed by atoms with Crippen LogP contribution in [0.5, 0.6) is 11.5 Å². The summed E-state index contributed by atoms with van der Waals surface area (Å²) in [6.45, 7) is 1.41. The topological polar surface area (TPSA) is 68.3 Å². The van der Waals surface area contributed by atoms with Gasteiger partial charge in [-0.25, -0.2) is 0 Å². The molecule has 244 valence electrons. The normalized spacial score (nSPS) is 10.8. The lowest BCUT2D eigenvalue weighted by molar-refractivity contribution is 0.306. The molecule has 49 heavy (non-hydrogen) atoms. The quantitative estimate of drug-likeness (QED) is 0.0894. The summed E-state index contributed by atoms with van der Waals surface area (Å²) in [6, 6.07) is 52.1. The molecule has 4 heteroatoms. The van der Waals surface area contributed by atoms with E-state index in [4.69, 9.17) is 20.5 Å². The zero-order chi connectivity index (χ0) is 33.7. The van der Waals surface area contributed by atoms with Crippen LogP contribution in [0.2, 0.25) is 0 Å². The Hall–Kier alpha value is -5.79. The monoisotopic (exact) mass is 642 g/mol. The van der Waals surface area contributed by atoms with Gasteiger partial charge >= 0.3 is 0 Å². The van der Waals surface area contributed by atoms with E-state index in [1.165, 1.54) is 27.8 Å². The van der Waals surface area contributed by atoms with E-state index >= 15 is 0 Å². The fraction of sp³-hybridized carbons (Fsp3) is 0.178. The van der Waals surface area contributed by atoms with E-state index in [1.807, 2.05) is 48.5 Å². The number of anilines is 1. The van der Waals surface area contributed by atoms with Gasteiger partial charge in [0.15, 0.2) is 0 Å². The van der Waals surface area contributed by atoms with E-state index in [1.54, 1.807) is 0 Å². The maximum atomic E-state index is 9.00. The lowest BCUT2D eigenvalue weighted by Gasteiger charge is -2.10. The second-order valence-electron chi connectivity index (χ2n) is 12.4. The highest BCUT2D eigenvalue weighted by atomic mass is 16.5. The molecular formula is C45H42N2O2. The van der Waals surface area contributed by atoms with E-state index in [9.17, 15) is 0 Å². The summed E-state index contributed by atoms with van der Waals surface area (Å²) in [5.41, 5.74) is 17.0. The summed E-state index contributed by atoms with van der Waals surface area (Å²) < 4.78 is 12.0. The molecule has 0 heterocycles. The van der Waals surface area contributed by atoms with Crippen molar-refractivity contribution in [3.63, 3.8) is 0 Å². The van der Waals surface area contributed by atoms with Crippen LogP contribution < -0.4 is 15.2 Å². The van der Waals surface area contributed by atoms with E-state index in [2.05, 4.69) is 103 Å². The van der Waals surface area contributed by atoms with Crippen LogP contribution in [0, 0.1) is 11.3 Å². The van der Waals surface area contributed by atoms with Crippen molar-refractivity contribution in [3.05, 3.63) is 162 Å². The first-order chi connectivity index (χ1) is 24.1. The second kappa shape index (κ2) is 16.9. The molecule has 0 saturated heterocycles. The Bertz CT molecular complexity index is 1920. The molecule has 0 saturated carbocycles. The van der Waals surface area contributed by atoms with E-state index in [0.717, 1.165) is 72.4 Å². The van der Waals surface area contributed by atoms with E-state index in [0.29, 0.717) is 18.8 Å². The van der Waals surface area contributed by atoms with Crippen LogP contribution >= 0.6 is 0 Å². The smallest absolute Gasteiger partial charge is 0.119 e. The maximum absolute atomic E-state index is 9.00. The zero-order valence-electron chi connectivity index (χ0n) is 27.9. The number of ether oxygens (including phenoxy) is 2. The Morgan fingerprint density at radius 3 is 1.10 bits per heavy atom. The van der Waals surface area contributed by atoms with Crippen LogP contribution in [-0.2, 0) is 12.8 Å². The molecule has 4 nitrogen and oxygen atoms in total. The number of benzene rings is 6. The molecule has 0 fully saturated rings. The van der Waals surface area contributed by atoms with Crippen molar-refractivity contribution in [2.75, 3.05) is 18.9 Å². The highest BCUT2D eigenvalue weighted by Crippen LogP contribution is 2.26. The lowest BCUT2D eigenvalue weighted by Crippen LogP contribution is -1.98. The van der Waals surface area contributed by atoms with Crippen LogP contribution in [0.1, 0.15) is 42.4 Å². The van der Waals surface area contributed by atoms with Gasteiger partial charge in [0.1, 0.15) is 11.5 Å². The number of hydrogen-bond acceptors (Lipinski definition) is 4. The van der Waals surface area contributed by atoms with Crippen LogP contribution in [-0.4, -0.2) is 13.2 Å². The molecule has 0 unspecified atom stereocenters. The molecule has 0 spiro atoms. The molecule has 6 aromatic carbocycles. The summed E-state index contributed by atoms with van der Waals surface area (Å²) in [4.78, 5) is 0. The van der Waals surface area contributed by atoms with Gasteiger partial charge < -0.3 is 15.2 Å². The molecule has 6 rings (SSSR count). The van der Waals surface area contributed by atoms with Gasteiger partial charge in [0.2, 0.25) is 0 Å². The Morgan fingerprint density at radius 1 is 0.408 bits per heavy atom. The number of nitrogens with two attached hydrogens (primary N) is 1. The van der Waals surface area contributed by atoms with Crippen molar-refractivity contribution in [2.24, 2.45) is 0 Å². The minimum Gasteiger partial charge on any atom is -0.494 e. The van der Waals surface area contributed by atoms with Crippen molar-refractivity contribution in [1.82, 2.24) is 0 Å². The third-order valence-electron chi connectivity index (χ3n) is 8.80. The van der Waals surface area contributed by atoms with Gasteiger partial charge in [-0.05, 0) is 132 Å². The Morgan fingerprint density at radius 2 is 0.735 bits per heavy atom. The third-order valence-corrected chi connectivity index (χ3v) is 8.80. The van der Waals surface area contributed by atoms with Gasteiger partial charge in [-0.3, -0.25) is 0 Å². The van der Waals surface area contributed by atoms with Gasteiger partial charge in [0.25, 0.3) is 0 Å².